The lowest BCUT2D eigenvalue weighted by Crippen LogP contribution is -2.39. The lowest BCUT2D eigenvalue weighted by molar-refractivity contribution is -0.138. The molecule has 2 atom stereocenters. The molecule has 0 aromatic heterocycles. The molecule has 1 fully saturated rings. The molecule has 3 nitrogen and oxygen atoms in total. The van der Waals surface area contributed by atoms with Gasteiger partial charge in [-0.15, -0.1) is 6.42 Å². The fourth-order valence-corrected chi connectivity index (χ4v) is 3.12. The average molecular weight is 265 g/mol. The van der Waals surface area contributed by atoms with Crippen molar-refractivity contribution in [3.63, 3.8) is 0 Å². The number of aliphatic carboxylic acids is 1. The highest BCUT2D eigenvalue weighted by molar-refractivity contribution is 5.69. The van der Waals surface area contributed by atoms with Gasteiger partial charge in [0.2, 0.25) is 0 Å². The summed E-state index contributed by atoms with van der Waals surface area (Å²) in [4.78, 5) is 12.9. The third-order valence-electron chi connectivity index (χ3n) is 4.31. The normalized spacial score (nSPS) is 24.8. The molecule has 0 aliphatic heterocycles. The van der Waals surface area contributed by atoms with Crippen LogP contribution in [0, 0.1) is 23.7 Å². The van der Waals surface area contributed by atoms with Crippen LogP contribution in [0.2, 0.25) is 0 Å². The summed E-state index contributed by atoms with van der Waals surface area (Å²) in [7, 11) is 0. The Kier molecular flexibility index (Phi) is 5.87. The average Bonchev–Trinajstić information content (AvgIpc) is 2.52. The molecule has 0 aromatic carbocycles. The van der Waals surface area contributed by atoms with Gasteiger partial charge in [0.15, 0.2) is 0 Å². The van der Waals surface area contributed by atoms with Gasteiger partial charge in [-0.25, -0.2) is 0 Å². The van der Waals surface area contributed by atoms with Gasteiger partial charge in [0.25, 0.3) is 0 Å². The molecule has 1 saturated carbocycles. The molecule has 108 valence electrons. The highest BCUT2D eigenvalue weighted by atomic mass is 16.4. The van der Waals surface area contributed by atoms with Crippen molar-refractivity contribution in [2.75, 3.05) is 13.1 Å². The number of hydrogen-bond donors (Lipinski definition) is 1. The van der Waals surface area contributed by atoms with Crippen molar-refractivity contribution in [3.8, 4) is 12.3 Å². The minimum Gasteiger partial charge on any atom is -0.480 e. The maximum atomic E-state index is 10.9. The number of carboxylic acids is 1. The van der Waals surface area contributed by atoms with Gasteiger partial charge in [-0.2, -0.15) is 0 Å². The van der Waals surface area contributed by atoms with Gasteiger partial charge in [0.05, 0.1) is 13.1 Å². The number of hydrogen-bond acceptors (Lipinski definition) is 2. The Hall–Kier alpha value is -1.01. The van der Waals surface area contributed by atoms with Crippen molar-refractivity contribution in [2.45, 2.75) is 58.9 Å². The molecule has 1 aliphatic rings. The monoisotopic (exact) mass is 265 g/mol. The molecule has 2 unspecified atom stereocenters. The SMILES string of the molecule is C#CCN(CC(=O)O)C1CCCC(C(C)(C)C)CC1. The van der Waals surface area contributed by atoms with Gasteiger partial charge < -0.3 is 5.11 Å². The van der Waals surface area contributed by atoms with E-state index in [0.717, 1.165) is 18.8 Å². The Labute approximate surface area is 117 Å². The third kappa shape index (κ3) is 5.24. The second-order valence-corrected chi connectivity index (χ2v) is 6.73. The molecule has 1 N–H and O–H groups in total. The highest BCUT2D eigenvalue weighted by Gasteiger charge is 2.30. The molecule has 0 amide bonds. The van der Waals surface area contributed by atoms with Crippen molar-refractivity contribution in [1.29, 1.82) is 0 Å². The molecule has 3 heteroatoms. The quantitative estimate of drug-likeness (QED) is 0.627. The molecule has 0 heterocycles. The minimum absolute atomic E-state index is 0.0645. The first kappa shape index (κ1) is 16.0. The number of nitrogens with zero attached hydrogens (tertiary/aromatic N) is 1. The fraction of sp³-hybridized carbons (Fsp3) is 0.812. The lowest BCUT2D eigenvalue weighted by Gasteiger charge is -2.31. The molecule has 0 aromatic rings. The standard InChI is InChI=1S/C16H27NO2/c1-5-11-17(12-15(18)19)14-8-6-7-13(9-10-14)16(2,3)4/h1,13-14H,6-12H2,2-4H3,(H,18,19). The van der Waals surface area contributed by atoms with E-state index in [2.05, 4.69) is 26.7 Å². The summed E-state index contributed by atoms with van der Waals surface area (Å²) in [5, 5.41) is 8.98. The molecule has 1 rings (SSSR count). The number of carboxylic acid groups (broad SMARTS) is 1. The minimum atomic E-state index is -0.785. The first-order valence-corrected chi connectivity index (χ1v) is 7.24. The zero-order valence-corrected chi connectivity index (χ0v) is 12.5. The third-order valence-corrected chi connectivity index (χ3v) is 4.31. The van der Waals surface area contributed by atoms with E-state index < -0.39 is 5.97 Å². The van der Waals surface area contributed by atoms with E-state index in [9.17, 15) is 4.79 Å². The summed E-state index contributed by atoms with van der Waals surface area (Å²) in [6, 6.07) is 0.333. The second kappa shape index (κ2) is 6.96. The Bertz CT molecular complexity index is 338. The van der Waals surface area contributed by atoms with Gasteiger partial charge in [-0.3, -0.25) is 9.69 Å². The Morgan fingerprint density at radius 3 is 2.53 bits per heavy atom. The number of rotatable bonds is 4. The van der Waals surface area contributed by atoms with Crippen molar-refractivity contribution < 1.29 is 9.90 Å². The second-order valence-electron chi connectivity index (χ2n) is 6.73. The Morgan fingerprint density at radius 2 is 2.00 bits per heavy atom. The summed E-state index contributed by atoms with van der Waals surface area (Å²) in [5.74, 6) is 2.54. The zero-order chi connectivity index (χ0) is 14.5. The maximum absolute atomic E-state index is 10.9. The van der Waals surface area contributed by atoms with Crippen LogP contribution in [0.4, 0.5) is 0 Å². The zero-order valence-electron chi connectivity index (χ0n) is 12.5. The Morgan fingerprint density at radius 1 is 1.32 bits per heavy atom. The Balaban J connectivity index is 2.63. The van der Waals surface area contributed by atoms with Gasteiger partial charge in [0.1, 0.15) is 0 Å². The summed E-state index contributed by atoms with van der Waals surface area (Å²) < 4.78 is 0. The molecule has 0 radical (unpaired) electrons. The van der Waals surface area contributed by atoms with Gasteiger partial charge in [-0.05, 0) is 37.0 Å². The van der Waals surface area contributed by atoms with Crippen LogP contribution in [0.1, 0.15) is 52.9 Å². The van der Waals surface area contributed by atoms with E-state index in [-0.39, 0.29) is 6.54 Å². The van der Waals surface area contributed by atoms with Crippen LogP contribution >= 0.6 is 0 Å². The molecular formula is C16H27NO2. The highest BCUT2D eigenvalue weighted by Crippen LogP contribution is 2.37. The van der Waals surface area contributed by atoms with Crippen LogP contribution in [0.3, 0.4) is 0 Å². The molecule has 0 saturated heterocycles. The number of terminal acetylenes is 1. The van der Waals surface area contributed by atoms with E-state index in [1.54, 1.807) is 0 Å². The predicted octanol–water partition coefficient (Wildman–Crippen LogP) is 3.00. The van der Waals surface area contributed by atoms with Crippen molar-refractivity contribution >= 4 is 5.97 Å². The van der Waals surface area contributed by atoms with E-state index in [0.29, 0.717) is 18.0 Å². The van der Waals surface area contributed by atoms with Crippen LogP contribution in [-0.4, -0.2) is 35.1 Å². The smallest absolute Gasteiger partial charge is 0.317 e. The fourth-order valence-electron chi connectivity index (χ4n) is 3.12. The first-order chi connectivity index (χ1) is 8.84. The van der Waals surface area contributed by atoms with Crippen LogP contribution in [0.15, 0.2) is 0 Å². The van der Waals surface area contributed by atoms with Crippen LogP contribution in [-0.2, 0) is 4.79 Å². The summed E-state index contributed by atoms with van der Waals surface area (Å²) in [6.07, 6.45) is 11.1. The van der Waals surface area contributed by atoms with Crippen LogP contribution in [0.25, 0.3) is 0 Å². The van der Waals surface area contributed by atoms with E-state index in [1.165, 1.54) is 19.3 Å². The van der Waals surface area contributed by atoms with Gasteiger partial charge >= 0.3 is 5.97 Å². The molecule has 0 spiro atoms. The molecule has 0 bridgehead atoms. The van der Waals surface area contributed by atoms with E-state index in [1.807, 2.05) is 4.90 Å². The van der Waals surface area contributed by atoms with Crippen molar-refractivity contribution in [1.82, 2.24) is 4.90 Å². The molecule has 1 aliphatic carbocycles. The summed E-state index contributed by atoms with van der Waals surface area (Å²) in [5.41, 5.74) is 0.346. The summed E-state index contributed by atoms with van der Waals surface area (Å²) >= 11 is 0. The first-order valence-electron chi connectivity index (χ1n) is 7.24. The lowest BCUT2D eigenvalue weighted by atomic mass is 9.76. The van der Waals surface area contributed by atoms with E-state index >= 15 is 0 Å². The van der Waals surface area contributed by atoms with E-state index in [4.69, 9.17) is 11.5 Å². The topological polar surface area (TPSA) is 40.5 Å². The maximum Gasteiger partial charge on any atom is 0.317 e. The molecular weight excluding hydrogens is 238 g/mol. The van der Waals surface area contributed by atoms with Gasteiger partial charge in [-0.1, -0.05) is 33.1 Å². The predicted molar refractivity (Wildman–Crippen MR) is 77.9 cm³/mol. The van der Waals surface area contributed by atoms with Crippen molar-refractivity contribution in [2.24, 2.45) is 11.3 Å². The largest absolute Gasteiger partial charge is 0.480 e. The molecule has 19 heavy (non-hydrogen) atoms. The summed E-state index contributed by atoms with van der Waals surface area (Å²) in [6.45, 7) is 7.41. The number of carbonyl (C=O) groups is 1. The van der Waals surface area contributed by atoms with Crippen LogP contribution < -0.4 is 0 Å². The van der Waals surface area contributed by atoms with Gasteiger partial charge in [0, 0.05) is 6.04 Å². The van der Waals surface area contributed by atoms with Crippen LogP contribution in [0.5, 0.6) is 0 Å². The van der Waals surface area contributed by atoms with Crippen molar-refractivity contribution in [3.05, 3.63) is 0 Å².